The molecule has 3 N–H and O–H groups in total. The van der Waals surface area contributed by atoms with Crippen molar-refractivity contribution in [2.45, 2.75) is 6.54 Å². The third-order valence-corrected chi connectivity index (χ3v) is 7.83. The van der Waals surface area contributed by atoms with E-state index < -0.39 is 34.1 Å². The molecule has 39 heavy (non-hydrogen) atoms. The van der Waals surface area contributed by atoms with E-state index in [2.05, 4.69) is 10.1 Å². The van der Waals surface area contributed by atoms with Crippen molar-refractivity contribution in [2.75, 3.05) is 12.4 Å². The average Bonchev–Trinajstić information content (AvgIpc) is 3.47. The number of carbonyl (C=O) groups excluding carboxylic acids is 1. The molecule has 0 atom stereocenters. The standard InChI is InChI=1S/C27H21Cl2FN4O4S/c28-18-7-8-19-23(13-18)32-25(27(36)33-39(37,38)11-10-35)24(19)26-20(17-4-2-1-3-5-17)14-31-34(26)15-16-6-9-21(29)22(30)12-16/h1-9,12-14,32,35H,10-11,15H2,(H,33,36). The molecule has 1 amide bonds. The van der Waals surface area contributed by atoms with Gasteiger partial charge in [0.05, 0.1) is 35.8 Å². The number of amides is 1. The summed E-state index contributed by atoms with van der Waals surface area (Å²) in [5.41, 5.74) is 3.34. The monoisotopic (exact) mass is 586 g/mol. The van der Waals surface area contributed by atoms with Crippen LogP contribution in [0.3, 0.4) is 0 Å². The molecule has 0 unspecified atom stereocenters. The second-order valence-corrected chi connectivity index (χ2v) is 11.4. The Morgan fingerprint density at radius 2 is 1.85 bits per heavy atom. The number of benzene rings is 3. The van der Waals surface area contributed by atoms with E-state index >= 15 is 0 Å². The summed E-state index contributed by atoms with van der Waals surface area (Å²) in [6, 6.07) is 18.8. The van der Waals surface area contributed by atoms with Crippen molar-refractivity contribution in [3.63, 3.8) is 0 Å². The highest BCUT2D eigenvalue weighted by atomic mass is 35.5. The lowest BCUT2D eigenvalue weighted by molar-refractivity contribution is 0.0978. The van der Waals surface area contributed by atoms with Gasteiger partial charge < -0.3 is 10.1 Å². The maximum Gasteiger partial charge on any atom is 0.281 e. The molecule has 8 nitrogen and oxygen atoms in total. The maximum absolute atomic E-state index is 14.3. The third-order valence-electron chi connectivity index (χ3n) is 6.07. The van der Waals surface area contributed by atoms with E-state index in [0.29, 0.717) is 38.3 Å². The van der Waals surface area contributed by atoms with Crippen molar-refractivity contribution in [3.8, 4) is 22.4 Å². The van der Waals surface area contributed by atoms with Crippen LogP contribution < -0.4 is 4.72 Å². The van der Waals surface area contributed by atoms with Gasteiger partial charge in [0.2, 0.25) is 10.0 Å². The van der Waals surface area contributed by atoms with Gasteiger partial charge in [0.15, 0.2) is 0 Å². The highest BCUT2D eigenvalue weighted by molar-refractivity contribution is 7.90. The van der Waals surface area contributed by atoms with Gasteiger partial charge >= 0.3 is 0 Å². The van der Waals surface area contributed by atoms with E-state index in [0.717, 1.165) is 5.56 Å². The molecule has 5 aromatic rings. The number of H-pyrrole nitrogens is 1. The number of nitrogens with zero attached hydrogens (tertiary/aromatic N) is 2. The first-order valence-corrected chi connectivity index (χ1v) is 14.1. The van der Waals surface area contributed by atoms with Crippen molar-refractivity contribution in [2.24, 2.45) is 0 Å². The molecule has 200 valence electrons. The second-order valence-electron chi connectivity index (χ2n) is 8.72. The number of hydrogen-bond acceptors (Lipinski definition) is 5. The number of fused-ring (bicyclic) bond motifs is 1. The Morgan fingerprint density at radius 3 is 2.56 bits per heavy atom. The number of hydrogen-bond donors (Lipinski definition) is 3. The number of aromatic nitrogens is 3. The predicted octanol–water partition coefficient (Wildman–Crippen LogP) is 5.24. The molecular formula is C27H21Cl2FN4O4S. The number of rotatable bonds is 8. The SMILES string of the molecule is O=C(NS(=O)(=O)CCO)c1[nH]c2cc(Cl)ccc2c1-c1c(-c2ccccc2)cnn1Cc1ccc(Cl)c(F)c1. The summed E-state index contributed by atoms with van der Waals surface area (Å²) in [6.45, 7) is -0.527. The molecule has 0 radical (unpaired) electrons. The minimum atomic E-state index is -4.11. The van der Waals surface area contributed by atoms with Crippen molar-refractivity contribution in [1.29, 1.82) is 0 Å². The minimum absolute atomic E-state index is 0.0130. The Kier molecular flexibility index (Phi) is 7.46. The fourth-order valence-corrected chi connectivity index (χ4v) is 5.37. The van der Waals surface area contributed by atoms with Crippen LogP contribution in [0.5, 0.6) is 0 Å². The van der Waals surface area contributed by atoms with Crippen LogP contribution in [-0.2, 0) is 16.6 Å². The first-order valence-electron chi connectivity index (χ1n) is 11.7. The molecule has 0 aliphatic carbocycles. The van der Waals surface area contributed by atoms with Gasteiger partial charge in [-0.2, -0.15) is 5.10 Å². The number of aromatic amines is 1. The van der Waals surface area contributed by atoms with Crippen LogP contribution in [-0.4, -0.2) is 46.6 Å². The summed E-state index contributed by atoms with van der Waals surface area (Å²) < 4.78 is 42.6. The lowest BCUT2D eigenvalue weighted by Gasteiger charge is -2.13. The average molecular weight is 587 g/mol. The van der Waals surface area contributed by atoms with Crippen molar-refractivity contribution >= 4 is 50.0 Å². The van der Waals surface area contributed by atoms with Crippen molar-refractivity contribution in [1.82, 2.24) is 19.5 Å². The Bertz CT molecular complexity index is 1800. The lowest BCUT2D eigenvalue weighted by Crippen LogP contribution is -2.34. The molecule has 0 aliphatic rings. The summed E-state index contributed by atoms with van der Waals surface area (Å²) in [5.74, 6) is -2.15. The van der Waals surface area contributed by atoms with Crippen molar-refractivity contribution in [3.05, 3.63) is 100 Å². The van der Waals surface area contributed by atoms with E-state index in [1.165, 1.54) is 12.1 Å². The highest BCUT2D eigenvalue weighted by Gasteiger charge is 2.27. The lowest BCUT2D eigenvalue weighted by atomic mass is 9.98. The summed E-state index contributed by atoms with van der Waals surface area (Å²) in [4.78, 5) is 16.4. The topological polar surface area (TPSA) is 117 Å². The summed E-state index contributed by atoms with van der Waals surface area (Å²) in [5, 5.41) is 14.7. The van der Waals surface area contributed by atoms with E-state index in [9.17, 15) is 17.6 Å². The van der Waals surface area contributed by atoms with Gasteiger partial charge in [-0.1, -0.05) is 65.7 Å². The summed E-state index contributed by atoms with van der Waals surface area (Å²) in [6.07, 6.45) is 1.63. The fraction of sp³-hybridized carbons (Fsp3) is 0.111. The molecule has 0 fully saturated rings. The normalized spacial score (nSPS) is 11.7. The van der Waals surface area contributed by atoms with Crippen LogP contribution >= 0.6 is 23.2 Å². The van der Waals surface area contributed by atoms with Gasteiger partial charge in [-0.25, -0.2) is 17.5 Å². The summed E-state index contributed by atoms with van der Waals surface area (Å²) >= 11 is 12.1. The first kappa shape index (κ1) is 26.9. The quantitative estimate of drug-likeness (QED) is 0.230. The zero-order chi connectivity index (χ0) is 27.7. The highest BCUT2D eigenvalue weighted by Crippen LogP contribution is 2.40. The van der Waals surface area contributed by atoms with Gasteiger partial charge in [0.25, 0.3) is 5.91 Å². The van der Waals surface area contributed by atoms with Gasteiger partial charge in [0, 0.05) is 27.1 Å². The van der Waals surface area contributed by atoms with Gasteiger partial charge in [0.1, 0.15) is 11.5 Å². The van der Waals surface area contributed by atoms with Crippen LogP contribution in [0.25, 0.3) is 33.3 Å². The van der Waals surface area contributed by atoms with Crippen LogP contribution in [0.1, 0.15) is 16.1 Å². The number of halogens is 3. The molecule has 2 aromatic heterocycles. The number of carbonyl (C=O) groups is 1. The third kappa shape index (κ3) is 5.55. The van der Waals surface area contributed by atoms with Crippen LogP contribution in [0.2, 0.25) is 10.0 Å². The Labute approximate surface area is 233 Å². The molecular weight excluding hydrogens is 566 g/mol. The van der Waals surface area contributed by atoms with E-state index in [1.807, 2.05) is 35.1 Å². The minimum Gasteiger partial charge on any atom is -0.395 e. The molecule has 0 saturated heterocycles. The smallest absolute Gasteiger partial charge is 0.281 e. The molecule has 0 saturated carbocycles. The first-order chi connectivity index (χ1) is 18.7. The fourth-order valence-electron chi connectivity index (χ4n) is 4.36. The van der Waals surface area contributed by atoms with Crippen LogP contribution in [0.4, 0.5) is 4.39 Å². The van der Waals surface area contributed by atoms with Crippen LogP contribution in [0.15, 0.2) is 72.9 Å². The number of sulfonamides is 1. The zero-order valence-electron chi connectivity index (χ0n) is 20.2. The molecule has 0 aliphatic heterocycles. The zero-order valence-corrected chi connectivity index (χ0v) is 22.5. The molecule has 12 heteroatoms. The van der Waals surface area contributed by atoms with Gasteiger partial charge in [-0.3, -0.25) is 9.48 Å². The predicted molar refractivity (Wildman–Crippen MR) is 149 cm³/mol. The maximum atomic E-state index is 14.3. The Balaban J connectivity index is 1.76. The molecule has 3 aromatic carbocycles. The largest absolute Gasteiger partial charge is 0.395 e. The number of aliphatic hydroxyl groups excluding tert-OH is 1. The molecule has 0 bridgehead atoms. The van der Waals surface area contributed by atoms with Gasteiger partial charge in [-0.05, 0) is 35.4 Å². The van der Waals surface area contributed by atoms with E-state index in [1.54, 1.807) is 35.1 Å². The number of aliphatic hydroxyl groups is 1. The van der Waals surface area contributed by atoms with Crippen molar-refractivity contribution < 1.29 is 22.7 Å². The van der Waals surface area contributed by atoms with Crippen LogP contribution in [0, 0.1) is 5.82 Å². The van der Waals surface area contributed by atoms with E-state index in [4.69, 9.17) is 28.3 Å². The summed E-state index contributed by atoms with van der Waals surface area (Å²) in [7, 11) is -4.11. The van der Waals surface area contributed by atoms with E-state index in [-0.39, 0.29) is 17.3 Å². The Morgan fingerprint density at radius 1 is 1.08 bits per heavy atom. The number of nitrogens with one attached hydrogen (secondary N) is 2. The second kappa shape index (κ2) is 10.8. The molecule has 0 spiro atoms. The molecule has 5 rings (SSSR count). The molecule has 2 heterocycles. The van der Waals surface area contributed by atoms with Gasteiger partial charge in [-0.15, -0.1) is 0 Å². The Hall–Kier alpha value is -3.70.